The van der Waals surface area contributed by atoms with Crippen molar-refractivity contribution in [2.24, 2.45) is 5.92 Å². The minimum absolute atomic E-state index is 0.0598. The van der Waals surface area contributed by atoms with E-state index in [1.54, 1.807) is 12.1 Å². The molecule has 1 aromatic rings. The summed E-state index contributed by atoms with van der Waals surface area (Å²) in [5.74, 6) is -0.539. The molecule has 1 aromatic heterocycles. The maximum absolute atomic E-state index is 11.9. The van der Waals surface area contributed by atoms with Gasteiger partial charge in [0.1, 0.15) is 4.32 Å². The van der Waals surface area contributed by atoms with Gasteiger partial charge in [0.15, 0.2) is 0 Å². The molecule has 0 spiro atoms. The van der Waals surface area contributed by atoms with E-state index in [2.05, 4.69) is 4.90 Å². The third-order valence-electron chi connectivity index (χ3n) is 4.05. The van der Waals surface area contributed by atoms with Gasteiger partial charge < -0.3 is 19.4 Å². The normalized spacial score (nSPS) is 23.5. The van der Waals surface area contributed by atoms with Crippen molar-refractivity contribution < 1.29 is 9.90 Å². The number of aromatic nitrogens is 1. The van der Waals surface area contributed by atoms with Gasteiger partial charge in [0, 0.05) is 43.1 Å². The molecule has 2 aliphatic heterocycles. The number of likely N-dealkylation sites (tertiary alicyclic amines) is 1. The van der Waals surface area contributed by atoms with E-state index in [0.29, 0.717) is 10.2 Å². The van der Waals surface area contributed by atoms with Crippen LogP contribution in [-0.4, -0.2) is 38.6 Å². The van der Waals surface area contributed by atoms with Crippen LogP contribution in [0, 0.1) is 5.92 Å². The minimum atomic E-state index is -1.10. The second kappa shape index (κ2) is 5.81. The van der Waals surface area contributed by atoms with Gasteiger partial charge in [-0.15, -0.1) is 0 Å². The lowest BCUT2D eigenvalue weighted by atomic mass is 9.83. The summed E-state index contributed by atoms with van der Waals surface area (Å²) in [5, 5.41) is 10.5. The second-order valence-electron chi connectivity index (χ2n) is 5.53. The lowest BCUT2D eigenvalue weighted by molar-refractivity contribution is -0.301. The summed E-state index contributed by atoms with van der Waals surface area (Å²) >= 11 is 6.46. The number of thiocarbonyl (C=S) groups is 1. The number of piperidine rings is 1. The summed E-state index contributed by atoms with van der Waals surface area (Å²) < 4.78 is 2.48. The van der Waals surface area contributed by atoms with Gasteiger partial charge in [-0.05, 0) is 18.4 Å². The van der Waals surface area contributed by atoms with Crippen LogP contribution in [-0.2, 0) is 11.3 Å². The first-order valence-electron chi connectivity index (χ1n) is 6.86. The molecule has 0 N–H and O–H groups in total. The van der Waals surface area contributed by atoms with Crippen LogP contribution >= 0.6 is 24.0 Å². The number of carboxylic acid groups (broad SMARTS) is 1. The lowest BCUT2D eigenvalue weighted by Gasteiger charge is -2.43. The Bertz CT molecular complexity index is 643. The van der Waals surface area contributed by atoms with Gasteiger partial charge in [0.25, 0.3) is 5.56 Å². The summed E-state index contributed by atoms with van der Waals surface area (Å²) in [4.78, 5) is 24.5. The molecule has 3 heterocycles. The average molecular weight is 323 g/mol. The molecule has 7 heteroatoms. The Labute approximate surface area is 131 Å². The molecule has 5 nitrogen and oxygen atoms in total. The minimum Gasteiger partial charge on any atom is -0.549 e. The molecule has 0 saturated carbocycles. The van der Waals surface area contributed by atoms with Gasteiger partial charge in [-0.25, -0.2) is 0 Å². The Morgan fingerprint density at radius 1 is 1.38 bits per heavy atom. The topological polar surface area (TPSA) is 65.4 Å². The first-order chi connectivity index (χ1) is 10.0. The molecule has 0 unspecified atom stereocenters. The quantitative estimate of drug-likeness (QED) is 0.716. The van der Waals surface area contributed by atoms with Crippen LogP contribution in [0.2, 0.25) is 0 Å². The predicted octanol–water partition coefficient (Wildman–Crippen LogP) is 0.0354. The van der Waals surface area contributed by atoms with E-state index >= 15 is 0 Å². The Morgan fingerprint density at radius 2 is 2.19 bits per heavy atom. The molecule has 112 valence electrons. The first kappa shape index (κ1) is 14.6. The van der Waals surface area contributed by atoms with E-state index in [9.17, 15) is 14.7 Å². The zero-order chi connectivity index (χ0) is 15.0. The molecule has 0 amide bonds. The molecular formula is C14H15N2O3S2-. The van der Waals surface area contributed by atoms with E-state index in [4.69, 9.17) is 12.2 Å². The van der Waals surface area contributed by atoms with E-state index in [-0.39, 0.29) is 17.2 Å². The van der Waals surface area contributed by atoms with Crippen molar-refractivity contribution in [3.05, 3.63) is 34.2 Å². The van der Waals surface area contributed by atoms with Crippen molar-refractivity contribution in [2.45, 2.75) is 18.9 Å². The molecule has 2 aliphatic rings. The van der Waals surface area contributed by atoms with E-state index in [1.165, 1.54) is 0 Å². The number of rotatable bonds is 2. The zero-order valence-corrected chi connectivity index (χ0v) is 13.0. The number of pyridine rings is 1. The van der Waals surface area contributed by atoms with Crippen molar-refractivity contribution in [2.75, 3.05) is 18.8 Å². The van der Waals surface area contributed by atoms with Crippen molar-refractivity contribution in [3.63, 3.8) is 0 Å². The maximum atomic E-state index is 11.9. The lowest BCUT2D eigenvalue weighted by Crippen LogP contribution is -2.48. The molecular weight excluding hydrogens is 308 g/mol. The maximum Gasteiger partial charge on any atom is 0.250 e. The molecule has 21 heavy (non-hydrogen) atoms. The van der Waals surface area contributed by atoms with E-state index in [1.807, 2.05) is 10.6 Å². The van der Waals surface area contributed by atoms with Crippen LogP contribution in [0.4, 0.5) is 0 Å². The van der Waals surface area contributed by atoms with Crippen molar-refractivity contribution >= 4 is 34.3 Å². The van der Waals surface area contributed by atoms with E-state index < -0.39 is 5.97 Å². The first-order valence-corrected chi connectivity index (χ1v) is 8.25. The fourth-order valence-corrected chi connectivity index (χ4v) is 4.16. The Morgan fingerprint density at radius 3 is 2.95 bits per heavy atom. The summed E-state index contributed by atoms with van der Waals surface area (Å²) in [6.07, 6.45) is 1.06. The van der Waals surface area contributed by atoms with Gasteiger partial charge in [-0.2, -0.15) is 0 Å². The fourth-order valence-electron chi connectivity index (χ4n) is 3.26. The summed E-state index contributed by atoms with van der Waals surface area (Å²) in [7, 11) is 0. The highest BCUT2D eigenvalue weighted by molar-refractivity contribution is 8.23. The monoisotopic (exact) mass is 323 g/mol. The van der Waals surface area contributed by atoms with E-state index in [0.717, 1.165) is 43.5 Å². The number of carboxylic acids is 1. The van der Waals surface area contributed by atoms with Gasteiger partial charge in [0.2, 0.25) is 0 Å². The number of aliphatic carboxylic acids is 1. The van der Waals surface area contributed by atoms with Crippen molar-refractivity contribution in [1.82, 2.24) is 9.47 Å². The molecule has 1 fully saturated rings. The molecule has 2 atom stereocenters. The summed E-state index contributed by atoms with van der Waals surface area (Å²) in [6.45, 7) is 2.25. The van der Waals surface area contributed by atoms with Crippen LogP contribution in [0.1, 0.15) is 18.0 Å². The number of fused-ring (bicyclic) bond motifs is 4. The molecule has 0 aromatic carbocycles. The third kappa shape index (κ3) is 2.98. The van der Waals surface area contributed by atoms with Crippen molar-refractivity contribution in [3.8, 4) is 0 Å². The highest BCUT2D eigenvalue weighted by Gasteiger charge is 2.35. The Kier molecular flexibility index (Phi) is 4.03. The number of thioether (sulfide) groups is 1. The summed E-state index contributed by atoms with van der Waals surface area (Å²) in [5.41, 5.74) is 1.13. The molecule has 2 bridgehead atoms. The highest BCUT2D eigenvalue weighted by atomic mass is 32.2. The second-order valence-corrected chi connectivity index (χ2v) is 7.14. The van der Waals surface area contributed by atoms with Gasteiger partial charge in [-0.1, -0.05) is 30.0 Å². The van der Waals surface area contributed by atoms with Crippen molar-refractivity contribution in [1.29, 1.82) is 0 Å². The average Bonchev–Trinajstić information content (AvgIpc) is 2.45. The summed E-state index contributed by atoms with van der Waals surface area (Å²) in [6, 6.07) is 5.41. The third-order valence-corrected chi connectivity index (χ3v) is 5.55. The largest absolute Gasteiger partial charge is 0.549 e. The molecule has 1 saturated heterocycles. The molecule has 3 rings (SSSR count). The number of hydrogen-bond donors (Lipinski definition) is 0. The molecule has 0 radical (unpaired) electrons. The van der Waals surface area contributed by atoms with Crippen LogP contribution < -0.4 is 10.7 Å². The highest BCUT2D eigenvalue weighted by Crippen LogP contribution is 2.35. The number of carbonyl (C=O) groups excluding carboxylic acids is 1. The predicted molar refractivity (Wildman–Crippen MR) is 83.2 cm³/mol. The number of carbonyl (C=O) groups is 1. The SMILES string of the molecule is O=C([O-])CSC(=S)N1C[C@@H]2C[C@H](C1)c1cccc(=O)n1C2. The van der Waals surface area contributed by atoms with Crippen LogP contribution in [0.3, 0.4) is 0 Å². The number of nitrogens with zero attached hydrogens (tertiary/aromatic N) is 2. The zero-order valence-electron chi connectivity index (χ0n) is 11.4. The smallest absolute Gasteiger partial charge is 0.250 e. The Hall–Kier alpha value is -1.34. The standard InChI is InChI=1S/C14H16N2O3S2/c17-12-3-1-2-11-10-4-9(6-16(11)12)5-15(7-10)14(20)21-8-13(18)19/h1-3,9-10H,4-8H2,(H,18,19)/p-1/t9-,10+/m0/s1. The van der Waals surface area contributed by atoms with Crippen LogP contribution in [0.5, 0.6) is 0 Å². The van der Waals surface area contributed by atoms with Gasteiger partial charge in [-0.3, -0.25) is 4.79 Å². The number of hydrogen-bond acceptors (Lipinski definition) is 5. The van der Waals surface area contributed by atoms with Crippen LogP contribution in [0.25, 0.3) is 0 Å². The fraction of sp³-hybridized carbons (Fsp3) is 0.500. The Balaban J connectivity index is 1.77. The van der Waals surface area contributed by atoms with Gasteiger partial charge in [0.05, 0.1) is 5.97 Å². The van der Waals surface area contributed by atoms with Crippen LogP contribution in [0.15, 0.2) is 23.0 Å². The molecule has 0 aliphatic carbocycles. The van der Waals surface area contributed by atoms with Gasteiger partial charge >= 0.3 is 0 Å².